The van der Waals surface area contributed by atoms with Crippen molar-refractivity contribution in [2.75, 3.05) is 39.4 Å². The number of nitrogens with one attached hydrogen (secondary N) is 1. The van der Waals surface area contributed by atoms with Crippen molar-refractivity contribution in [3.8, 4) is 0 Å². The minimum atomic E-state index is 0.196. The molecule has 0 atom stereocenters. The van der Waals surface area contributed by atoms with Crippen molar-refractivity contribution in [1.29, 1.82) is 0 Å². The van der Waals surface area contributed by atoms with Gasteiger partial charge in [-0.1, -0.05) is 0 Å². The average Bonchev–Trinajstić information content (AvgIpc) is 2.41. The van der Waals surface area contributed by atoms with E-state index in [0.29, 0.717) is 12.6 Å². The summed E-state index contributed by atoms with van der Waals surface area (Å²) in [6.07, 6.45) is 3.85. The van der Waals surface area contributed by atoms with Crippen LogP contribution in [0.4, 0.5) is 0 Å². The molecule has 2 rings (SSSR count). The normalized spacial score (nSPS) is 24.1. The van der Waals surface area contributed by atoms with Crippen molar-refractivity contribution >= 4 is 5.91 Å². The number of rotatable bonds is 4. The summed E-state index contributed by atoms with van der Waals surface area (Å²) in [5.41, 5.74) is 5.54. The van der Waals surface area contributed by atoms with E-state index in [-0.39, 0.29) is 11.8 Å². The minimum Gasteiger partial charge on any atom is -0.381 e. The molecule has 3 N–H and O–H groups in total. The minimum absolute atomic E-state index is 0.196. The molecule has 0 unspecified atom stereocenters. The van der Waals surface area contributed by atoms with Gasteiger partial charge in [-0.05, 0) is 38.8 Å². The summed E-state index contributed by atoms with van der Waals surface area (Å²) < 4.78 is 5.30. The summed E-state index contributed by atoms with van der Waals surface area (Å²) in [6.45, 7) is 5.22. The summed E-state index contributed by atoms with van der Waals surface area (Å²) in [7, 11) is 0. The van der Waals surface area contributed by atoms with E-state index >= 15 is 0 Å². The molecule has 0 bridgehead atoms. The summed E-state index contributed by atoms with van der Waals surface area (Å²) in [5, 5.41) is 3.17. The molecule has 0 aromatic heterocycles. The van der Waals surface area contributed by atoms with E-state index in [0.717, 1.165) is 58.5 Å². The Morgan fingerprint density at radius 3 is 2.50 bits per heavy atom. The summed E-state index contributed by atoms with van der Waals surface area (Å²) in [6, 6.07) is 0.327. The highest BCUT2D eigenvalue weighted by Gasteiger charge is 2.26. The molecule has 0 spiro atoms. The van der Waals surface area contributed by atoms with Crippen LogP contribution in [0.3, 0.4) is 0 Å². The maximum Gasteiger partial charge on any atom is 0.223 e. The highest BCUT2D eigenvalue weighted by molar-refractivity contribution is 5.79. The second-order valence-corrected chi connectivity index (χ2v) is 5.30. The Hall–Kier alpha value is -0.650. The number of nitrogens with two attached hydrogens (primary N) is 1. The van der Waals surface area contributed by atoms with Crippen LogP contribution in [0, 0.1) is 5.92 Å². The summed E-state index contributed by atoms with van der Waals surface area (Å²) >= 11 is 0. The second-order valence-electron chi connectivity index (χ2n) is 5.30. The number of likely N-dealkylation sites (tertiary alicyclic amines) is 1. The lowest BCUT2D eigenvalue weighted by molar-refractivity contribution is -0.127. The van der Waals surface area contributed by atoms with Crippen molar-refractivity contribution in [2.24, 2.45) is 11.7 Å². The van der Waals surface area contributed by atoms with Gasteiger partial charge in [0.2, 0.25) is 5.91 Å². The van der Waals surface area contributed by atoms with Gasteiger partial charge < -0.3 is 20.7 Å². The van der Waals surface area contributed by atoms with Crippen LogP contribution in [0.5, 0.6) is 0 Å². The molecule has 0 aromatic carbocycles. The number of hydrogen-bond donors (Lipinski definition) is 2. The first-order chi connectivity index (χ1) is 8.79. The third kappa shape index (κ3) is 3.93. The lowest BCUT2D eigenvalue weighted by Gasteiger charge is -2.32. The molecule has 5 heteroatoms. The fourth-order valence-electron chi connectivity index (χ4n) is 2.76. The maximum absolute atomic E-state index is 12.1. The molecular weight excluding hydrogens is 230 g/mol. The number of nitrogens with zero attached hydrogens (tertiary/aromatic N) is 1. The highest BCUT2D eigenvalue weighted by atomic mass is 16.5. The molecule has 1 amide bonds. The van der Waals surface area contributed by atoms with Gasteiger partial charge in [0.1, 0.15) is 0 Å². The zero-order valence-electron chi connectivity index (χ0n) is 11.1. The van der Waals surface area contributed by atoms with Crippen LogP contribution < -0.4 is 11.1 Å². The lowest BCUT2D eigenvalue weighted by atomic mass is 9.95. The van der Waals surface area contributed by atoms with Gasteiger partial charge in [0.05, 0.1) is 0 Å². The Morgan fingerprint density at radius 2 is 1.89 bits per heavy atom. The zero-order chi connectivity index (χ0) is 12.8. The molecule has 104 valence electrons. The molecule has 2 saturated heterocycles. The van der Waals surface area contributed by atoms with Crippen molar-refractivity contribution in [2.45, 2.75) is 31.7 Å². The van der Waals surface area contributed by atoms with Gasteiger partial charge in [0.15, 0.2) is 0 Å². The van der Waals surface area contributed by atoms with Gasteiger partial charge in [0.25, 0.3) is 0 Å². The Balaban J connectivity index is 1.70. The van der Waals surface area contributed by atoms with Gasteiger partial charge in [0, 0.05) is 38.3 Å². The summed E-state index contributed by atoms with van der Waals surface area (Å²) in [4.78, 5) is 14.5. The van der Waals surface area contributed by atoms with Crippen LogP contribution in [0.15, 0.2) is 0 Å². The summed E-state index contributed by atoms with van der Waals surface area (Å²) in [5.74, 6) is 0.441. The first-order valence-corrected chi connectivity index (χ1v) is 7.10. The van der Waals surface area contributed by atoms with E-state index in [2.05, 4.69) is 10.2 Å². The van der Waals surface area contributed by atoms with E-state index in [1.165, 1.54) is 0 Å². The molecule has 2 heterocycles. The predicted octanol–water partition coefficient (Wildman–Crippen LogP) is -0.0477. The Kier molecular flexibility index (Phi) is 5.41. The van der Waals surface area contributed by atoms with E-state index in [9.17, 15) is 4.79 Å². The molecule has 2 aliphatic heterocycles. The van der Waals surface area contributed by atoms with Gasteiger partial charge in [-0.25, -0.2) is 0 Å². The highest BCUT2D eigenvalue weighted by Crippen LogP contribution is 2.18. The van der Waals surface area contributed by atoms with E-state index in [1.807, 2.05) is 0 Å². The third-order valence-electron chi connectivity index (χ3n) is 3.97. The topological polar surface area (TPSA) is 67.6 Å². The smallest absolute Gasteiger partial charge is 0.223 e. The van der Waals surface area contributed by atoms with Gasteiger partial charge >= 0.3 is 0 Å². The molecule has 18 heavy (non-hydrogen) atoms. The van der Waals surface area contributed by atoms with Crippen LogP contribution in [0.2, 0.25) is 0 Å². The molecule has 0 aliphatic carbocycles. The molecular formula is C13H25N3O2. The number of ether oxygens (including phenoxy) is 1. The molecule has 0 aromatic rings. The number of carbonyl (C=O) groups is 1. The standard InChI is InChI=1S/C13H25N3O2/c14-5-8-16-6-1-11(2-7-16)13(17)15-12-3-9-18-10-4-12/h11-12H,1-10,14H2,(H,15,17). The molecule has 2 aliphatic rings. The quantitative estimate of drug-likeness (QED) is 0.739. The number of piperidine rings is 1. The van der Waals surface area contributed by atoms with Crippen LogP contribution in [0.1, 0.15) is 25.7 Å². The van der Waals surface area contributed by atoms with Crippen LogP contribution in [-0.4, -0.2) is 56.2 Å². The molecule has 0 saturated carbocycles. The van der Waals surface area contributed by atoms with E-state index < -0.39 is 0 Å². The van der Waals surface area contributed by atoms with E-state index in [4.69, 9.17) is 10.5 Å². The van der Waals surface area contributed by atoms with Crippen LogP contribution in [-0.2, 0) is 9.53 Å². The fourth-order valence-corrected chi connectivity index (χ4v) is 2.76. The Labute approximate surface area is 109 Å². The first-order valence-electron chi connectivity index (χ1n) is 7.10. The maximum atomic E-state index is 12.1. The van der Waals surface area contributed by atoms with Crippen molar-refractivity contribution in [3.63, 3.8) is 0 Å². The fraction of sp³-hybridized carbons (Fsp3) is 0.923. The number of carbonyl (C=O) groups excluding carboxylic acids is 1. The van der Waals surface area contributed by atoms with Crippen molar-refractivity contribution < 1.29 is 9.53 Å². The zero-order valence-corrected chi connectivity index (χ0v) is 11.1. The van der Waals surface area contributed by atoms with Gasteiger partial charge in [-0.2, -0.15) is 0 Å². The molecule has 5 nitrogen and oxygen atoms in total. The number of hydrogen-bond acceptors (Lipinski definition) is 4. The third-order valence-corrected chi connectivity index (χ3v) is 3.97. The average molecular weight is 255 g/mol. The second kappa shape index (κ2) is 7.07. The lowest BCUT2D eigenvalue weighted by Crippen LogP contribution is -2.46. The molecule has 2 fully saturated rings. The van der Waals surface area contributed by atoms with Crippen LogP contribution in [0.25, 0.3) is 0 Å². The van der Waals surface area contributed by atoms with Gasteiger partial charge in [-0.15, -0.1) is 0 Å². The largest absolute Gasteiger partial charge is 0.381 e. The van der Waals surface area contributed by atoms with E-state index in [1.54, 1.807) is 0 Å². The number of amides is 1. The Bertz CT molecular complexity index is 259. The van der Waals surface area contributed by atoms with Crippen molar-refractivity contribution in [3.05, 3.63) is 0 Å². The predicted molar refractivity (Wildman–Crippen MR) is 70.2 cm³/mol. The molecule has 0 radical (unpaired) electrons. The Morgan fingerprint density at radius 1 is 1.22 bits per heavy atom. The SMILES string of the molecule is NCCN1CCC(C(=O)NC2CCOCC2)CC1. The van der Waals surface area contributed by atoms with Crippen molar-refractivity contribution in [1.82, 2.24) is 10.2 Å². The van der Waals surface area contributed by atoms with Gasteiger partial charge in [-0.3, -0.25) is 4.79 Å². The first kappa shape index (κ1) is 13.8. The monoisotopic (exact) mass is 255 g/mol. The van der Waals surface area contributed by atoms with Crippen LogP contribution >= 0.6 is 0 Å².